The van der Waals surface area contributed by atoms with Crippen molar-refractivity contribution in [3.05, 3.63) is 33.8 Å². The van der Waals surface area contributed by atoms with Crippen LogP contribution in [0.3, 0.4) is 0 Å². The van der Waals surface area contributed by atoms with Gasteiger partial charge in [0.2, 0.25) is 0 Å². The maximum atomic E-state index is 10.3. The average molecular weight is 231 g/mol. The zero-order chi connectivity index (χ0) is 10.3. The van der Waals surface area contributed by atoms with Crippen LogP contribution in [0, 0.1) is 5.92 Å². The second-order valence-corrected chi connectivity index (χ2v) is 4.81. The predicted octanol–water partition coefficient (Wildman–Crippen LogP) is 3.61. The van der Waals surface area contributed by atoms with E-state index in [2.05, 4.69) is 0 Å². The number of benzene rings is 1. The summed E-state index contributed by atoms with van der Waals surface area (Å²) in [6.07, 6.45) is 1.88. The van der Waals surface area contributed by atoms with Crippen molar-refractivity contribution < 1.29 is 5.11 Å². The van der Waals surface area contributed by atoms with Crippen molar-refractivity contribution in [1.29, 1.82) is 0 Å². The van der Waals surface area contributed by atoms with Gasteiger partial charge in [-0.2, -0.15) is 0 Å². The lowest BCUT2D eigenvalue weighted by atomic mass is 9.67. The number of rotatable bonds is 1. The van der Waals surface area contributed by atoms with Gasteiger partial charge in [0, 0.05) is 0 Å². The van der Waals surface area contributed by atoms with Crippen LogP contribution in [-0.4, -0.2) is 5.11 Å². The molecule has 0 heterocycles. The van der Waals surface area contributed by atoms with Gasteiger partial charge in [-0.1, -0.05) is 36.2 Å². The minimum atomic E-state index is -0.686. The molecule has 0 spiro atoms. The molecule has 1 fully saturated rings. The third-order valence-electron chi connectivity index (χ3n) is 3.19. The van der Waals surface area contributed by atoms with Gasteiger partial charge in [-0.25, -0.2) is 0 Å². The van der Waals surface area contributed by atoms with Gasteiger partial charge in [0.15, 0.2) is 0 Å². The lowest BCUT2D eigenvalue weighted by molar-refractivity contribution is -0.0930. The van der Waals surface area contributed by atoms with E-state index in [1.807, 2.05) is 13.0 Å². The minimum absolute atomic E-state index is 0.305. The van der Waals surface area contributed by atoms with E-state index in [1.54, 1.807) is 12.1 Å². The molecular formula is C11H12Cl2O. The summed E-state index contributed by atoms with van der Waals surface area (Å²) in [5.41, 5.74) is 0.194. The highest BCUT2D eigenvalue weighted by atomic mass is 35.5. The summed E-state index contributed by atoms with van der Waals surface area (Å²) in [7, 11) is 0. The zero-order valence-electron chi connectivity index (χ0n) is 7.93. The molecule has 0 aliphatic heterocycles. The van der Waals surface area contributed by atoms with Crippen LogP contribution >= 0.6 is 23.2 Å². The van der Waals surface area contributed by atoms with E-state index in [0.29, 0.717) is 16.0 Å². The van der Waals surface area contributed by atoms with Crippen LogP contribution in [0.1, 0.15) is 25.3 Å². The molecule has 1 nitrogen and oxygen atoms in total. The van der Waals surface area contributed by atoms with E-state index in [4.69, 9.17) is 23.2 Å². The van der Waals surface area contributed by atoms with Crippen molar-refractivity contribution in [3.63, 3.8) is 0 Å². The summed E-state index contributed by atoms with van der Waals surface area (Å²) < 4.78 is 0. The molecule has 1 saturated carbocycles. The van der Waals surface area contributed by atoms with Gasteiger partial charge >= 0.3 is 0 Å². The topological polar surface area (TPSA) is 20.2 Å². The maximum absolute atomic E-state index is 10.3. The highest BCUT2D eigenvalue weighted by Gasteiger charge is 2.43. The van der Waals surface area contributed by atoms with Crippen molar-refractivity contribution in [2.45, 2.75) is 25.4 Å². The van der Waals surface area contributed by atoms with E-state index in [1.165, 1.54) is 0 Å². The maximum Gasteiger partial charge on any atom is 0.0922 e. The molecule has 1 aliphatic rings. The first-order chi connectivity index (χ1) is 6.54. The molecule has 0 amide bonds. The van der Waals surface area contributed by atoms with Crippen LogP contribution in [0.5, 0.6) is 0 Å². The van der Waals surface area contributed by atoms with Crippen LogP contribution in [0.15, 0.2) is 18.2 Å². The third-order valence-corrected chi connectivity index (χ3v) is 3.93. The fourth-order valence-corrected chi connectivity index (χ4v) is 2.20. The molecule has 1 aromatic rings. The van der Waals surface area contributed by atoms with Crippen molar-refractivity contribution in [2.75, 3.05) is 0 Å². The Kier molecular flexibility index (Phi) is 2.50. The van der Waals surface area contributed by atoms with Gasteiger partial charge in [-0.05, 0) is 36.5 Å². The summed E-state index contributed by atoms with van der Waals surface area (Å²) in [4.78, 5) is 0. The highest BCUT2D eigenvalue weighted by Crippen LogP contribution is 2.47. The molecule has 1 N–H and O–H groups in total. The summed E-state index contributed by atoms with van der Waals surface area (Å²) in [5, 5.41) is 11.3. The van der Waals surface area contributed by atoms with Crippen LogP contribution in [0.2, 0.25) is 10.0 Å². The minimum Gasteiger partial charge on any atom is -0.385 e. The van der Waals surface area contributed by atoms with Gasteiger partial charge in [0.05, 0.1) is 15.6 Å². The first kappa shape index (κ1) is 10.3. The fourth-order valence-electron chi connectivity index (χ4n) is 1.90. The lowest BCUT2D eigenvalue weighted by Gasteiger charge is -2.44. The molecule has 0 bridgehead atoms. The molecule has 14 heavy (non-hydrogen) atoms. The first-order valence-electron chi connectivity index (χ1n) is 4.72. The van der Waals surface area contributed by atoms with E-state index >= 15 is 0 Å². The Labute approximate surface area is 93.7 Å². The molecule has 2 rings (SSSR count). The lowest BCUT2D eigenvalue weighted by Crippen LogP contribution is -2.42. The van der Waals surface area contributed by atoms with Gasteiger partial charge in [0.25, 0.3) is 0 Å². The van der Waals surface area contributed by atoms with Crippen LogP contribution in [0.4, 0.5) is 0 Å². The van der Waals surface area contributed by atoms with Crippen LogP contribution in [0.25, 0.3) is 0 Å². The molecule has 3 heteroatoms. The smallest absolute Gasteiger partial charge is 0.0922 e. The summed E-state index contributed by atoms with van der Waals surface area (Å²) >= 11 is 11.7. The summed E-state index contributed by atoms with van der Waals surface area (Å²) in [6, 6.07) is 5.35. The van der Waals surface area contributed by atoms with Crippen LogP contribution in [-0.2, 0) is 5.60 Å². The molecule has 1 aliphatic carbocycles. The van der Waals surface area contributed by atoms with E-state index in [-0.39, 0.29) is 0 Å². The third kappa shape index (κ3) is 1.44. The standard InChI is InChI=1S/C11H12Cl2O/c1-7-4-5-11(7,14)8-2-3-9(12)10(13)6-8/h2-3,6-7,14H,4-5H2,1H3. The predicted molar refractivity (Wildman–Crippen MR) is 58.8 cm³/mol. The molecule has 1 aromatic carbocycles. The molecule has 76 valence electrons. The molecule has 0 saturated heterocycles. The fraction of sp³-hybridized carbons (Fsp3) is 0.455. The molecule has 0 radical (unpaired) electrons. The summed E-state index contributed by atoms with van der Waals surface area (Å²) in [6.45, 7) is 2.05. The molecule has 0 aromatic heterocycles. The Morgan fingerprint density at radius 1 is 1.36 bits per heavy atom. The molecule has 2 atom stereocenters. The molecular weight excluding hydrogens is 219 g/mol. The van der Waals surface area contributed by atoms with E-state index in [0.717, 1.165) is 18.4 Å². The Morgan fingerprint density at radius 2 is 2.07 bits per heavy atom. The van der Waals surface area contributed by atoms with Gasteiger partial charge in [-0.3, -0.25) is 0 Å². The van der Waals surface area contributed by atoms with Crippen molar-refractivity contribution in [3.8, 4) is 0 Å². The van der Waals surface area contributed by atoms with E-state index < -0.39 is 5.60 Å². The average Bonchev–Trinajstić information content (AvgIpc) is 2.18. The van der Waals surface area contributed by atoms with Gasteiger partial charge in [0.1, 0.15) is 0 Å². The Balaban J connectivity index is 2.37. The number of hydrogen-bond acceptors (Lipinski definition) is 1. The van der Waals surface area contributed by atoms with E-state index in [9.17, 15) is 5.11 Å². The van der Waals surface area contributed by atoms with Gasteiger partial charge < -0.3 is 5.11 Å². The van der Waals surface area contributed by atoms with Gasteiger partial charge in [-0.15, -0.1) is 0 Å². The van der Waals surface area contributed by atoms with Crippen molar-refractivity contribution in [1.82, 2.24) is 0 Å². The molecule has 2 unspecified atom stereocenters. The normalized spacial score (nSPS) is 31.3. The second-order valence-electron chi connectivity index (χ2n) is 3.99. The Hall–Kier alpha value is -0.240. The SMILES string of the molecule is CC1CCC1(O)c1ccc(Cl)c(Cl)c1. The monoisotopic (exact) mass is 230 g/mol. The van der Waals surface area contributed by atoms with Crippen LogP contribution < -0.4 is 0 Å². The number of hydrogen-bond donors (Lipinski definition) is 1. The summed E-state index contributed by atoms with van der Waals surface area (Å²) in [5.74, 6) is 0.305. The van der Waals surface area contributed by atoms with Crippen molar-refractivity contribution in [2.24, 2.45) is 5.92 Å². The highest BCUT2D eigenvalue weighted by molar-refractivity contribution is 6.42. The number of aliphatic hydroxyl groups is 1. The first-order valence-corrected chi connectivity index (χ1v) is 5.47. The largest absolute Gasteiger partial charge is 0.385 e. The Bertz CT molecular complexity index is 364. The van der Waals surface area contributed by atoms with Crippen molar-refractivity contribution >= 4 is 23.2 Å². The second kappa shape index (κ2) is 3.41. The number of halogens is 2. The zero-order valence-corrected chi connectivity index (χ0v) is 9.44. The Morgan fingerprint density at radius 3 is 2.50 bits per heavy atom. The quantitative estimate of drug-likeness (QED) is 0.782.